The van der Waals surface area contributed by atoms with Gasteiger partial charge in [-0.1, -0.05) is 28.9 Å². The molecule has 7 heteroatoms. The maximum Gasteiger partial charge on any atom is 0.260 e. The van der Waals surface area contributed by atoms with Crippen molar-refractivity contribution in [2.75, 3.05) is 26.3 Å². The lowest BCUT2D eigenvalue weighted by atomic mass is 10.0. The highest BCUT2D eigenvalue weighted by Crippen LogP contribution is 2.31. The molecule has 1 amide bonds. The van der Waals surface area contributed by atoms with Crippen LogP contribution in [0.25, 0.3) is 11.3 Å². The fourth-order valence-electron chi connectivity index (χ4n) is 2.52. The molecule has 1 atom stereocenters. The van der Waals surface area contributed by atoms with Crippen molar-refractivity contribution in [3.05, 3.63) is 40.6 Å². The van der Waals surface area contributed by atoms with Gasteiger partial charge in [0.1, 0.15) is 17.4 Å². The number of benzene rings is 1. The Bertz CT molecular complexity index is 691. The van der Waals surface area contributed by atoms with E-state index in [4.69, 9.17) is 20.9 Å². The van der Waals surface area contributed by atoms with Crippen molar-refractivity contribution >= 4 is 17.5 Å². The molecule has 2 aromatic rings. The zero-order valence-corrected chi connectivity index (χ0v) is 13.4. The van der Waals surface area contributed by atoms with Gasteiger partial charge in [-0.05, 0) is 19.1 Å². The molecule has 1 aliphatic heterocycles. The summed E-state index contributed by atoms with van der Waals surface area (Å²) in [5.41, 5.74) is 1.42. The minimum Gasteiger partial charge on any atom is -0.385 e. The predicted molar refractivity (Wildman–Crippen MR) is 84.3 cm³/mol. The molecule has 1 N–H and O–H groups in total. The van der Waals surface area contributed by atoms with Crippen LogP contribution in [0.1, 0.15) is 29.1 Å². The van der Waals surface area contributed by atoms with Gasteiger partial charge in [0.2, 0.25) is 0 Å². The monoisotopic (exact) mass is 336 g/mol. The molecule has 2 heterocycles. The number of hydrogen-bond acceptors (Lipinski definition) is 5. The van der Waals surface area contributed by atoms with Crippen molar-refractivity contribution in [3.63, 3.8) is 0 Å². The summed E-state index contributed by atoms with van der Waals surface area (Å²) in [5, 5.41) is 14.5. The molecule has 0 spiro atoms. The second-order valence-corrected chi connectivity index (χ2v) is 5.79. The largest absolute Gasteiger partial charge is 0.385 e. The predicted octanol–water partition coefficient (Wildman–Crippen LogP) is 2.52. The third-order valence-electron chi connectivity index (χ3n) is 3.73. The summed E-state index contributed by atoms with van der Waals surface area (Å²) < 4.78 is 10.5. The van der Waals surface area contributed by atoms with Crippen molar-refractivity contribution in [2.24, 2.45) is 0 Å². The van der Waals surface area contributed by atoms with E-state index in [9.17, 15) is 9.90 Å². The van der Waals surface area contributed by atoms with Crippen LogP contribution < -0.4 is 0 Å². The highest BCUT2D eigenvalue weighted by Gasteiger charge is 2.30. The lowest BCUT2D eigenvalue weighted by Gasteiger charge is -2.27. The molecule has 1 aliphatic rings. The van der Waals surface area contributed by atoms with Crippen LogP contribution in [-0.4, -0.2) is 47.4 Å². The number of hydrogen-bond donors (Lipinski definition) is 1. The summed E-state index contributed by atoms with van der Waals surface area (Å²) in [7, 11) is 0. The van der Waals surface area contributed by atoms with Gasteiger partial charge in [0.05, 0.1) is 13.2 Å². The van der Waals surface area contributed by atoms with Crippen LogP contribution in [0.2, 0.25) is 5.02 Å². The third kappa shape index (κ3) is 3.24. The molecule has 3 rings (SSSR count). The number of aliphatic hydroxyl groups is 1. The second-order valence-electron chi connectivity index (χ2n) is 5.36. The van der Waals surface area contributed by atoms with E-state index in [0.717, 1.165) is 0 Å². The average molecular weight is 337 g/mol. The van der Waals surface area contributed by atoms with Crippen molar-refractivity contribution in [2.45, 2.75) is 13.0 Å². The first-order chi connectivity index (χ1) is 11.1. The minimum absolute atomic E-state index is 0.173. The Balaban J connectivity index is 2.03. The first-order valence-electron chi connectivity index (χ1n) is 7.38. The van der Waals surface area contributed by atoms with E-state index >= 15 is 0 Å². The SMILES string of the molecule is CC(O)c1onc(-c2ccc(Cl)cc2)c1C(=O)N1CCOCC1. The molecular formula is C16H17ClN2O4. The standard InChI is InChI=1S/C16H17ClN2O4/c1-10(20)15-13(16(21)19-6-8-22-9-7-19)14(18-23-15)11-2-4-12(17)5-3-11/h2-5,10,20H,6-9H2,1H3. The van der Waals surface area contributed by atoms with Crippen LogP contribution in [0.3, 0.4) is 0 Å². The van der Waals surface area contributed by atoms with E-state index in [1.54, 1.807) is 36.1 Å². The summed E-state index contributed by atoms with van der Waals surface area (Å²) in [4.78, 5) is 14.6. The van der Waals surface area contributed by atoms with Gasteiger partial charge in [0.15, 0.2) is 5.76 Å². The van der Waals surface area contributed by atoms with E-state index in [1.807, 2.05) is 0 Å². The van der Waals surface area contributed by atoms with Crippen LogP contribution in [-0.2, 0) is 4.74 Å². The van der Waals surface area contributed by atoms with Crippen molar-refractivity contribution in [1.29, 1.82) is 0 Å². The van der Waals surface area contributed by atoms with Crippen molar-refractivity contribution < 1.29 is 19.2 Å². The fourth-order valence-corrected chi connectivity index (χ4v) is 2.65. The van der Waals surface area contributed by atoms with Crippen LogP contribution in [0, 0.1) is 0 Å². The molecule has 0 bridgehead atoms. The summed E-state index contributed by atoms with van der Waals surface area (Å²) in [6.07, 6.45) is -0.927. The molecule has 0 saturated carbocycles. The Labute approximate surface area is 138 Å². The van der Waals surface area contributed by atoms with E-state index in [2.05, 4.69) is 5.16 Å². The van der Waals surface area contributed by atoms with E-state index in [1.165, 1.54) is 0 Å². The van der Waals surface area contributed by atoms with Gasteiger partial charge in [-0.2, -0.15) is 0 Å². The van der Waals surface area contributed by atoms with E-state index < -0.39 is 6.10 Å². The second kappa shape index (κ2) is 6.70. The number of halogens is 1. The van der Waals surface area contributed by atoms with E-state index in [0.29, 0.717) is 48.1 Å². The number of carbonyl (C=O) groups is 1. The minimum atomic E-state index is -0.927. The Hall–Kier alpha value is -1.89. The highest BCUT2D eigenvalue weighted by atomic mass is 35.5. The molecule has 0 radical (unpaired) electrons. The molecule has 1 aromatic carbocycles. The molecule has 6 nitrogen and oxygen atoms in total. The molecule has 1 aromatic heterocycles. The molecule has 1 unspecified atom stereocenters. The fraction of sp³-hybridized carbons (Fsp3) is 0.375. The van der Waals surface area contributed by atoms with Crippen molar-refractivity contribution in [1.82, 2.24) is 10.1 Å². The Morgan fingerprint density at radius 3 is 2.57 bits per heavy atom. The molecule has 0 aliphatic carbocycles. The van der Waals surface area contributed by atoms with Crippen LogP contribution in [0.15, 0.2) is 28.8 Å². The van der Waals surface area contributed by atoms with Crippen LogP contribution in [0.5, 0.6) is 0 Å². The van der Waals surface area contributed by atoms with Gasteiger partial charge in [-0.25, -0.2) is 0 Å². The number of morpholine rings is 1. The summed E-state index contributed by atoms with van der Waals surface area (Å²) >= 11 is 5.91. The van der Waals surface area contributed by atoms with Crippen molar-refractivity contribution in [3.8, 4) is 11.3 Å². The van der Waals surface area contributed by atoms with Gasteiger partial charge in [-0.3, -0.25) is 4.79 Å². The van der Waals surface area contributed by atoms with Gasteiger partial charge in [0.25, 0.3) is 5.91 Å². The highest BCUT2D eigenvalue weighted by molar-refractivity contribution is 6.30. The Kier molecular flexibility index (Phi) is 4.66. The number of rotatable bonds is 3. The quantitative estimate of drug-likeness (QED) is 0.932. The van der Waals surface area contributed by atoms with Crippen LogP contribution in [0.4, 0.5) is 0 Å². The number of carbonyl (C=O) groups excluding carboxylic acids is 1. The molecule has 1 fully saturated rings. The number of amides is 1. The number of aliphatic hydroxyl groups excluding tert-OH is 1. The Morgan fingerprint density at radius 1 is 1.30 bits per heavy atom. The smallest absolute Gasteiger partial charge is 0.260 e. The molecular weight excluding hydrogens is 320 g/mol. The molecule has 122 valence electrons. The zero-order valence-electron chi connectivity index (χ0n) is 12.7. The maximum absolute atomic E-state index is 12.9. The number of nitrogens with zero attached hydrogens (tertiary/aromatic N) is 2. The summed E-state index contributed by atoms with van der Waals surface area (Å²) in [6, 6.07) is 6.97. The van der Waals surface area contributed by atoms with E-state index in [-0.39, 0.29) is 11.7 Å². The number of aromatic nitrogens is 1. The van der Waals surface area contributed by atoms with Gasteiger partial charge < -0.3 is 19.3 Å². The Morgan fingerprint density at radius 2 is 1.96 bits per heavy atom. The van der Waals surface area contributed by atoms with Crippen LogP contribution >= 0.6 is 11.6 Å². The summed E-state index contributed by atoms with van der Waals surface area (Å²) in [5.74, 6) is -0.0400. The molecule has 23 heavy (non-hydrogen) atoms. The summed E-state index contributed by atoms with van der Waals surface area (Å²) in [6.45, 7) is 3.55. The first kappa shape index (κ1) is 16.0. The van der Waals surface area contributed by atoms with Gasteiger partial charge in [0, 0.05) is 23.7 Å². The first-order valence-corrected chi connectivity index (χ1v) is 7.76. The third-order valence-corrected chi connectivity index (χ3v) is 3.98. The average Bonchev–Trinajstić information content (AvgIpc) is 3.01. The molecule has 1 saturated heterocycles. The normalized spacial score (nSPS) is 16.4. The van der Waals surface area contributed by atoms with Gasteiger partial charge in [-0.15, -0.1) is 0 Å². The number of ether oxygens (including phenoxy) is 1. The lowest BCUT2D eigenvalue weighted by molar-refractivity contribution is 0.0298. The maximum atomic E-state index is 12.9. The van der Waals surface area contributed by atoms with Gasteiger partial charge >= 0.3 is 0 Å². The topological polar surface area (TPSA) is 75.8 Å². The lowest BCUT2D eigenvalue weighted by Crippen LogP contribution is -2.41. The zero-order chi connectivity index (χ0) is 16.4.